The van der Waals surface area contributed by atoms with Crippen molar-refractivity contribution in [2.75, 3.05) is 0 Å². The lowest BCUT2D eigenvalue weighted by Crippen LogP contribution is -2.36. The van der Waals surface area contributed by atoms with Crippen LogP contribution in [0.1, 0.15) is 75.3 Å². The van der Waals surface area contributed by atoms with Gasteiger partial charge in [0.2, 0.25) is 0 Å². The largest absolute Gasteiger partial charge is 0.489 e. The molecule has 1 aromatic heterocycles. The number of ether oxygens (including phenoxy) is 1. The van der Waals surface area contributed by atoms with Crippen LogP contribution in [-0.4, -0.2) is 33.0 Å². The van der Waals surface area contributed by atoms with Gasteiger partial charge in [-0.2, -0.15) is 0 Å². The molecule has 0 radical (unpaired) electrons. The molecule has 1 N–H and O–H groups in total. The van der Waals surface area contributed by atoms with Gasteiger partial charge in [-0.05, 0) is 99.7 Å². The summed E-state index contributed by atoms with van der Waals surface area (Å²) in [5, 5.41) is 9.38. The molecule has 38 heavy (non-hydrogen) atoms. The number of benzene rings is 2. The number of halogens is 1. The maximum absolute atomic E-state index is 14.9. The van der Waals surface area contributed by atoms with Gasteiger partial charge in [-0.1, -0.05) is 30.3 Å². The van der Waals surface area contributed by atoms with Gasteiger partial charge in [0.15, 0.2) is 0 Å². The lowest BCUT2D eigenvalue weighted by molar-refractivity contribution is -0.137. The van der Waals surface area contributed by atoms with Crippen molar-refractivity contribution in [2.45, 2.75) is 85.0 Å². The summed E-state index contributed by atoms with van der Waals surface area (Å²) in [6.45, 7) is 11.6. The van der Waals surface area contributed by atoms with Crippen molar-refractivity contribution in [1.82, 2.24) is 9.88 Å². The highest BCUT2D eigenvalue weighted by atomic mass is 19.1. The second-order valence-corrected chi connectivity index (χ2v) is 11.1. The van der Waals surface area contributed by atoms with E-state index >= 15 is 0 Å². The molecule has 2 aromatic carbocycles. The molecular weight excluding hydrogens is 479 g/mol. The van der Waals surface area contributed by atoms with Gasteiger partial charge in [-0.25, -0.2) is 4.39 Å². The Morgan fingerprint density at radius 2 is 1.82 bits per heavy atom. The van der Waals surface area contributed by atoms with E-state index in [2.05, 4.69) is 43.6 Å². The number of nitrogens with zero attached hydrogens (tertiary/aromatic N) is 2. The number of carboxylic acid groups (broad SMARTS) is 1. The van der Waals surface area contributed by atoms with Crippen molar-refractivity contribution in [3.63, 3.8) is 0 Å². The Labute approximate surface area is 225 Å². The average molecular weight is 519 g/mol. The first-order valence-electron chi connectivity index (χ1n) is 13.6. The van der Waals surface area contributed by atoms with Crippen molar-refractivity contribution in [2.24, 2.45) is 5.92 Å². The van der Waals surface area contributed by atoms with E-state index in [1.165, 1.54) is 6.20 Å². The molecule has 3 aromatic rings. The smallest absolute Gasteiger partial charge is 0.303 e. The topological polar surface area (TPSA) is 62.7 Å². The van der Waals surface area contributed by atoms with E-state index < -0.39 is 5.97 Å². The summed E-state index contributed by atoms with van der Waals surface area (Å²) in [7, 11) is 0. The Kier molecular flexibility index (Phi) is 8.83. The van der Waals surface area contributed by atoms with Crippen LogP contribution in [0.3, 0.4) is 0 Å². The molecule has 1 atom stereocenters. The molecular formula is C32H39FN2O3. The zero-order valence-corrected chi connectivity index (χ0v) is 23.1. The van der Waals surface area contributed by atoms with Crippen LogP contribution >= 0.6 is 0 Å². The molecule has 1 heterocycles. The Morgan fingerprint density at radius 3 is 2.47 bits per heavy atom. The summed E-state index contributed by atoms with van der Waals surface area (Å²) < 4.78 is 21.1. The number of aromatic nitrogens is 1. The average Bonchev–Trinajstić information content (AvgIpc) is 3.71. The molecule has 1 aliphatic carbocycles. The number of aliphatic carboxylic acids is 1. The van der Waals surface area contributed by atoms with Gasteiger partial charge in [-0.15, -0.1) is 0 Å². The maximum atomic E-state index is 14.9. The molecule has 6 heteroatoms. The lowest BCUT2D eigenvalue weighted by Gasteiger charge is -2.31. The van der Waals surface area contributed by atoms with Gasteiger partial charge in [0, 0.05) is 29.9 Å². The van der Waals surface area contributed by atoms with E-state index in [-0.39, 0.29) is 18.2 Å². The predicted molar refractivity (Wildman–Crippen MR) is 149 cm³/mol. The third kappa shape index (κ3) is 6.98. The van der Waals surface area contributed by atoms with E-state index in [4.69, 9.17) is 4.74 Å². The number of carboxylic acids is 1. The number of rotatable bonds is 12. The number of hydrogen-bond acceptors (Lipinski definition) is 4. The quantitative estimate of drug-likeness (QED) is 0.271. The summed E-state index contributed by atoms with van der Waals surface area (Å²) in [5.41, 5.74) is 5.27. The van der Waals surface area contributed by atoms with Gasteiger partial charge in [0.25, 0.3) is 0 Å². The van der Waals surface area contributed by atoms with Crippen LogP contribution in [0.15, 0.2) is 54.7 Å². The summed E-state index contributed by atoms with van der Waals surface area (Å²) in [6, 6.07) is 16.4. The van der Waals surface area contributed by atoms with E-state index in [0.717, 1.165) is 46.5 Å². The first kappa shape index (κ1) is 27.8. The minimum absolute atomic E-state index is 0.0266. The number of aryl methyl sites for hydroxylation is 1. The van der Waals surface area contributed by atoms with Crippen LogP contribution < -0.4 is 4.74 Å². The fourth-order valence-electron chi connectivity index (χ4n) is 5.28. The van der Waals surface area contributed by atoms with Gasteiger partial charge < -0.3 is 9.84 Å². The Hall–Kier alpha value is -3.25. The standard InChI is InChI=1S/C32H39FN2O3/c1-20(2)35(21(3)4)18-26-14-23(9-12-28(26)30-13-22(5)34-17-31(30)33)19-38-27-8-6-7-25(15-27)29(16-32(36)37)24-10-11-24/h6-9,12-15,17,20-21,24,29H,10-11,16,18-19H2,1-5H3,(H,36,37)/t29-/m0/s1. The van der Waals surface area contributed by atoms with Crippen LogP contribution in [-0.2, 0) is 17.9 Å². The minimum Gasteiger partial charge on any atom is -0.489 e. The van der Waals surface area contributed by atoms with Crippen molar-refractivity contribution >= 4 is 5.97 Å². The highest BCUT2D eigenvalue weighted by Crippen LogP contribution is 2.45. The lowest BCUT2D eigenvalue weighted by atomic mass is 9.91. The SMILES string of the molecule is Cc1cc(-c2ccc(COc3cccc([C@@H](CC(=O)O)C4CC4)c3)cc2CN(C(C)C)C(C)C)c(F)cn1. The van der Waals surface area contributed by atoms with Crippen LogP contribution in [0.2, 0.25) is 0 Å². The van der Waals surface area contributed by atoms with Crippen LogP contribution in [0.4, 0.5) is 4.39 Å². The van der Waals surface area contributed by atoms with Crippen molar-refractivity contribution in [1.29, 1.82) is 0 Å². The molecule has 4 rings (SSSR count). The van der Waals surface area contributed by atoms with Crippen LogP contribution in [0, 0.1) is 18.7 Å². The van der Waals surface area contributed by atoms with Gasteiger partial charge in [-0.3, -0.25) is 14.7 Å². The molecule has 0 amide bonds. The Morgan fingerprint density at radius 1 is 1.08 bits per heavy atom. The summed E-state index contributed by atoms with van der Waals surface area (Å²) in [6.07, 6.45) is 3.60. The molecule has 0 saturated heterocycles. The highest BCUT2D eigenvalue weighted by Gasteiger charge is 2.33. The predicted octanol–water partition coefficient (Wildman–Crippen LogP) is 7.36. The van der Waals surface area contributed by atoms with Crippen molar-refractivity contribution in [3.8, 4) is 16.9 Å². The van der Waals surface area contributed by atoms with E-state index in [1.807, 2.05) is 43.3 Å². The highest BCUT2D eigenvalue weighted by molar-refractivity contribution is 5.69. The first-order chi connectivity index (χ1) is 18.1. The molecule has 5 nitrogen and oxygen atoms in total. The molecule has 0 spiro atoms. The van der Waals surface area contributed by atoms with E-state index in [0.29, 0.717) is 36.7 Å². The van der Waals surface area contributed by atoms with E-state index in [9.17, 15) is 14.3 Å². The molecule has 0 aliphatic heterocycles. The second kappa shape index (κ2) is 12.1. The van der Waals surface area contributed by atoms with E-state index in [1.54, 1.807) is 6.07 Å². The minimum atomic E-state index is -0.765. The van der Waals surface area contributed by atoms with Gasteiger partial charge >= 0.3 is 5.97 Å². The molecule has 1 saturated carbocycles. The fourth-order valence-corrected chi connectivity index (χ4v) is 5.28. The third-order valence-corrected chi connectivity index (χ3v) is 7.41. The number of carbonyl (C=O) groups is 1. The molecule has 202 valence electrons. The second-order valence-electron chi connectivity index (χ2n) is 11.1. The summed E-state index contributed by atoms with van der Waals surface area (Å²) in [4.78, 5) is 17.9. The normalized spacial score (nSPS) is 14.3. The van der Waals surface area contributed by atoms with Crippen LogP contribution in [0.5, 0.6) is 5.75 Å². The molecule has 0 bridgehead atoms. The molecule has 1 fully saturated rings. The third-order valence-electron chi connectivity index (χ3n) is 7.41. The Bertz CT molecular complexity index is 1260. The maximum Gasteiger partial charge on any atom is 0.303 e. The molecule has 0 unspecified atom stereocenters. The number of pyridine rings is 1. The van der Waals surface area contributed by atoms with Crippen molar-refractivity contribution in [3.05, 3.63) is 82.9 Å². The summed E-state index contributed by atoms with van der Waals surface area (Å²) >= 11 is 0. The summed E-state index contributed by atoms with van der Waals surface area (Å²) in [5.74, 6) is 0.103. The zero-order valence-electron chi connectivity index (χ0n) is 23.1. The number of hydrogen-bond donors (Lipinski definition) is 1. The fraction of sp³-hybridized carbons (Fsp3) is 0.438. The van der Waals surface area contributed by atoms with Crippen LogP contribution in [0.25, 0.3) is 11.1 Å². The van der Waals surface area contributed by atoms with Crippen molar-refractivity contribution < 1.29 is 19.0 Å². The monoisotopic (exact) mass is 518 g/mol. The van der Waals surface area contributed by atoms with Gasteiger partial charge in [0.1, 0.15) is 18.2 Å². The zero-order chi connectivity index (χ0) is 27.4. The first-order valence-corrected chi connectivity index (χ1v) is 13.6. The molecule has 1 aliphatic rings. The van der Waals surface area contributed by atoms with Gasteiger partial charge in [0.05, 0.1) is 12.6 Å². The Balaban J connectivity index is 1.60.